The second-order valence-corrected chi connectivity index (χ2v) is 22.3. The Morgan fingerprint density at radius 2 is 0.648 bits per heavy atom. The van der Waals surface area contributed by atoms with E-state index in [1.807, 2.05) is 0 Å². The summed E-state index contributed by atoms with van der Waals surface area (Å²) in [6.45, 7) is 6.87. The molecule has 5 atom stereocenters. The van der Waals surface area contributed by atoms with E-state index >= 15 is 0 Å². The van der Waals surface area contributed by atoms with Gasteiger partial charge in [0, 0.05) is 25.7 Å². The van der Waals surface area contributed by atoms with Gasteiger partial charge < -0.3 is 33.8 Å². The molecule has 19 heteroatoms. The minimum absolute atomic E-state index is 0.0986. The number of phosphoric acid groups is 2. The molecule has 0 aliphatic rings. The van der Waals surface area contributed by atoms with E-state index in [1.54, 1.807) is 0 Å². The number of rotatable bonds is 52. The summed E-state index contributed by atoms with van der Waals surface area (Å²) < 4.78 is 67.0. The van der Waals surface area contributed by atoms with Crippen LogP contribution in [-0.2, 0) is 65.4 Å². The average molecular weight is 1060 g/mol. The molecule has 0 bridgehead atoms. The molecule has 17 nitrogen and oxygen atoms in total. The first kappa shape index (κ1) is 69.1. The van der Waals surface area contributed by atoms with Gasteiger partial charge >= 0.3 is 39.5 Å². The first-order valence-corrected chi connectivity index (χ1v) is 30.6. The molecule has 0 aliphatic carbocycles. The fraction of sp³-hybridized carbons (Fsp3) is 0.923. The summed E-state index contributed by atoms with van der Waals surface area (Å²) in [5, 5.41) is 10.4. The van der Waals surface area contributed by atoms with Crippen LogP contribution >= 0.6 is 15.6 Å². The summed E-state index contributed by atoms with van der Waals surface area (Å²) in [7, 11) is -9.84. The molecule has 3 N–H and O–H groups in total. The predicted molar refractivity (Wildman–Crippen MR) is 275 cm³/mol. The zero-order chi connectivity index (χ0) is 52.9. The third kappa shape index (κ3) is 47.5. The third-order valence-corrected chi connectivity index (χ3v) is 13.7. The van der Waals surface area contributed by atoms with Crippen molar-refractivity contribution >= 4 is 39.5 Å². The summed E-state index contributed by atoms with van der Waals surface area (Å²) in [6, 6.07) is 0. The van der Waals surface area contributed by atoms with Gasteiger partial charge in [0.2, 0.25) is 0 Å². The molecule has 0 spiro atoms. The van der Waals surface area contributed by atoms with Crippen LogP contribution in [0.4, 0.5) is 0 Å². The lowest BCUT2D eigenvalue weighted by molar-refractivity contribution is -0.161. The Labute approximate surface area is 428 Å². The Bertz CT molecular complexity index is 1420. The zero-order valence-corrected chi connectivity index (χ0v) is 46.6. The fourth-order valence-corrected chi connectivity index (χ4v) is 9.04. The molecular weight excluding hydrogens is 959 g/mol. The third-order valence-electron chi connectivity index (χ3n) is 11.8. The lowest BCUT2D eigenvalue weighted by Gasteiger charge is -2.21. The van der Waals surface area contributed by atoms with Crippen LogP contribution < -0.4 is 0 Å². The molecule has 0 rings (SSSR count). The maximum absolute atomic E-state index is 12.8. The molecule has 420 valence electrons. The van der Waals surface area contributed by atoms with Crippen LogP contribution in [0.1, 0.15) is 247 Å². The molecule has 0 fully saturated rings. The molecule has 0 heterocycles. The van der Waals surface area contributed by atoms with Crippen LogP contribution in [0, 0.1) is 5.92 Å². The van der Waals surface area contributed by atoms with E-state index in [1.165, 1.54) is 51.4 Å². The van der Waals surface area contributed by atoms with E-state index < -0.39 is 97.5 Å². The molecule has 71 heavy (non-hydrogen) atoms. The number of esters is 4. The number of carbonyl (C=O) groups is 4. The van der Waals surface area contributed by atoms with Gasteiger partial charge in [-0.1, -0.05) is 195 Å². The number of hydrogen-bond donors (Lipinski definition) is 3. The van der Waals surface area contributed by atoms with Gasteiger partial charge in [-0.3, -0.25) is 37.3 Å². The largest absolute Gasteiger partial charge is 0.472 e. The number of phosphoric ester groups is 2. The Kier molecular flexibility index (Phi) is 45.3. The van der Waals surface area contributed by atoms with Crippen molar-refractivity contribution in [3.8, 4) is 0 Å². The smallest absolute Gasteiger partial charge is 0.462 e. The first-order chi connectivity index (χ1) is 34.0. The number of carbonyl (C=O) groups excluding carboxylic acids is 4. The quantitative estimate of drug-likeness (QED) is 0.0222. The minimum Gasteiger partial charge on any atom is -0.462 e. The molecule has 0 saturated heterocycles. The summed E-state index contributed by atoms with van der Waals surface area (Å²) in [4.78, 5) is 71.0. The second kappa shape index (κ2) is 46.6. The van der Waals surface area contributed by atoms with Crippen molar-refractivity contribution in [2.24, 2.45) is 5.92 Å². The number of aliphatic hydroxyl groups excluding tert-OH is 1. The highest BCUT2D eigenvalue weighted by atomic mass is 31.2. The van der Waals surface area contributed by atoms with E-state index in [4.69, 9.17) is 37.0 Å². The Balaban J connectivity index is 5.10. The van der Waals surface area contributed by atoms with E-state index in [0.29, 0.717) is 25.7 Å². The molecule has 0 saturated carbocycles. The fourth-order valence-electron chi connectivity index (χ4n) is 7.46. The van der Waals surface area contributed by atoms with Crippen molar-refractivity contribution in [2.45, 2.75) is 265 Å². The van der Waals surface area contributed by atoms with E-state index in [0.717, 1.165) is 115 Å². The van der Waals surface area contributed by atoms with Gasteiger partial charge in [-0.25, -0.2) is 9.13 Å². The maximum Gasteiger partial charge on any atom is 0.472 e. The van der Waals surface area contributed by atoms with Crippen molar-refractivity contribution in [3.63, 3.8) is 0 Å². The standard InChI is InChI=1S/C52H100O17P2/c1-6-9-12-15-21-27-31-36-50(55)63-42-48(69-52(57)38-33-28-23-20-18-16-17-19-22-26-29-34-45(4)5)44-67-71(60,61)65-40-46(53)39-64-70(58,59)66-43-47(68-51(56)37-32-25-14-11-8-3)41-62-49(54)35-30-24-13-10-7-2/h45-48,53H,6-44H2,1-5H3,(H,58,59)(H,60,61)/t46-,47+,48+/m0/s1. The maximum atomic E-state index is 12.8. The van der Waals surface area contributed by atoms with Crippen molar-refractivity contribution < 1.29 is 80.2 Å². The highest BCUT2D eigenvalue weighted by Gasteiger charge is 2.30. The number of ether oxygens (including phenoxy) is 4. The molecule has 0 aliphatic heterocycles. The summed E-state index contributed by atoms with van der Waals surface area (Å²) in [5.74, 6) is -1.41. The van der Waals surface area contributed by atoms with Gasteiger partial charge in [0.25, 0.3) is 0 Å². The molecular formula is C52H100O17P2. The van der Waals surface area contributed by atoms with Gasteiger partial charge in [-0.05, 0) is 31.6 Å². The van der Waals surface area contributed by atoms with Gasteiger partial charge in [-0.2, -0.15) is 0 Å². The van der Waals surface area contributed by atoms with Crippen molar-refractivity contribution in [3.05, 3.63) is 0 Å². The van der Waals surface area contributed by atoms with E-state index in [2.05, 4.69) is 34.6 Å². The van der Waals surface area contributed by atoms with Crippen molar-refractivity contribution in [1.29, 1.82) is 0 Å². The first-order valence-electron chi connectivity index (χ1n) is 27.6. The predicted octanol–water partition coefficient (Wildman–Crippen LogP) is 13.1. The lowest BCUT2D eigenvalue weighted by atomic mass is 10.0. The van der Waals surface area contributed by atoms with Crippen LogP contribution in [0.3, 0.4) is 0 Å². The Morgan fingerprint density at radius 3 is 0.958 bits per heavy atom. The van der Waals surface area contributed by atoms with E-state index in [-0.39, 0.29) is 25.7 Å². The molecule has 2 unspecified atom stereocenters. The summed E-state index contributed by atoms with van der Waals surface area (Å²) >= 11 is 0. The van der Waals surface area contributed by atoms with Crippen LogP contribution in [0.25, 0.3) is 0 Å². The summed E-state index contributed by atoms with van der Waals surface area (Å²) in [5.41, 5.74) is 0. The summed E-state index contributed by atoms with van der Waals surface area (Å²) in [6.07, 6.45) is 26.1. The van der Waals surface area contributed by atoms with Crippen LogP contribution in [0.15, 0.2) is 0 Å². The van der Waals surface area contributed by atoms with E-state index in [9.17, 15) is 43.2 Å². The Morgan fingerprint density at radius 1 is 0.380 bits per heavy atom. The van der Waals surface area contributed by atoms with Crippen molar-refractivity contribution in [1.82, 2.24) is 0 Å². The highest BCUT2D eigenvalue weighted by molar-refractivity contribution is 7.47. The van der Waals surface area contributed by atoms with Gasteiger partial charge in [0.15, 0.2) is 12.2 Å². The Hall–Kier alpha value is -1.94. The monoisotopic (exact) mass is 1060 g/mol. The average Bonchev–Trinajstić information content (AvgIpc) is 3.32. The van der Waals surface area contributed by atoms with Gasteiger partial charge in [-0.15, -0.1) is 0 Å². The molecule has 0 amide bonds. The molecule has 0 aromatic rings. The zero-order valence-electron chi connectivity index (χ0n) is 44.8. The van der Waals surface area contributed by atoms with Crippen LogP contribution in [0.2, 0.25) is 0 Å². The molecule has 0 aromatic heterocycles. The molecule has 0 aromatic carbocycles. The molecule has 0 radical (unpaired) electrons. The lowest BCUT2D eigenvalue weighted by Crippen LogP contribution is -2.30. The SMILES string of the molecule is CCCCCCCCCC(=O)OC[C@H](COP(=O)(O)OC[C@@H](O)COP(=O)(O)OC[C@@H](COC(=O)CCCCCCC)OC(=O)CCCCCCC)OC(=O)CCCCCCCCCCCCCC(C)C. The highest BCUT2D eigenvalue weighted by Crippen LogP contribution is 2.45. The van der Waals surface area contributed by atoms with Crippen LogP contribution in [-0.4, -0.2) is 96.7 Å². The minimum atomic E-state index is -4.92. The number of unbranched alkanes of at least 4 members (excludes halogenated alkanes) is 24. The second-order valence-electron chi connectivity index (χ2n) is 19.4. The van der Waals surface area contributed by atoms with Crippen LogP contribution in [0.5, 0.6) is 0 Å². The van der Waals surface area contributed by atoms with Gasteiger partial charge in [0.05, 0.1) is 26.4 Å². The van der Waals surface area contributed by atoms with Gasteiger partial charge in [0.1, 0.15) is 19.3 Å². The number of aliphatic hydroxyl groups is 1. The number of hydrogen-bond acceptors (Lipinski definition) is 15. The normalized spacial score (nSPS) is 14.6. The topological polar surface area (TPSA) is 237 Å². The van der Waals surface area contributed by atoms with Crippen molar-refractivity contribution in [2.75, 3.05) is 39.6 Å².